The summed E-state index contributed by atoms with van der Waals surface area (Å²) in [5.41, 5.74) is 0.593. The number of fused-ring (bicyclic) bond motifs is 1. The standard InChI is InChI=1S/C17H13Cl3N2O5/c1-8(9-2-3-11-12(4-9)27-7-26-11)22-13(23)6-25-17(24)16-15(20)14(19)10(18)5-21-16/h2-5,8H,6-7H2,1H3,(H,22,23). The van der Waals surface area contributed by atoms with Gasteiger partial charge in [0.25, 0.3) is 5.91 Å². The minimum atomic E-state index is -0.885. The second-order valence-electron chi connectivity index (χ2n) is 5.56. The number of aromatic nitrogens is 1. The molecule has 142 valence electrons. The number of carbonyl (C=O) groups excluding carboxylic acids is 2. The highest BCUT2D eigenvalue weighted by Crippen LogP contribution is 2.34. The molecule has 10 heteroatoms. The Kier molecular flexibility index (Phi) is 5.94. The van der Waals surface area contributed by atoms with Crippen molar-refractivity contribution in [3.63, 3.8) is 0 Å². The Labute approximate surface area is 169 Å². The van der Waals surface area contributed by atoms with Gasteiger partial charge >= 0.3 is 5.97 Å². The van der Waals surface area contributed by atoms with Crippen LogP contribution in [0, 0.1) is 0 Å². The van der Waals surface area contributed by atoms with Crippen LogP contribution in [0.1, 0.15) is 29.0 Å². The Hall–Kier alpha value is -2.22. The number of halogens is 3. The van der Waals surface area contributed by atoms with Gasteiger partial charge in [-0.1, -0.05) is 40.9 Å². The molecule has 7 nitrogen and oxygen atoms in total. The van der Waals surface area contributed by atoms with Gasteiger partial charge in [-0.25, -0.2) is 9.78 Å². The third-order valence-corrected chi connectivity index (χ3v) is 4.96. The maximum absolute atomic E-state index is 12.1. The lowest BCUT2D eigenvalue weighted by Gasteiger charge is -2.15. The Morgan fingerprint density at radius 2 is 1.96 bits per heavy atom. The molecule has 1 amide bonds. The number of hydrogen-bond acceptors (Lipinski definition) is 6. The highest BCUT2D eigenvalue weighted by atomic mass is 35.5. The highest BCUT2D eigenvalue weighted by Gasteiger charge is 2.21. The first kappa shape index (κ1) is 19.5. The van der Waals surface area contributed by atoms with E-state index in [1.165, 1.54) is 6.20 Å². The first-order valence-electron chi connectivity index (χ1n) is 7.72. The first-order chi connectivity index (χ1) is 12.9. The van der Waals surface area contributed by atoms with Crippen LogP contribution in [0.5, 0.6) is 11.5 Å². The monoisotopic (exact) mass is 430 g/mol. The molecule has 1 aliphatic heterocycles. The number of ether oxygens (including phenoxy) is 3. The van der Waals surface area contributed by atoms with Crippen molar-refractivity contribution in [1.82, 2.24) is 10.3 Å². The number of esters is 1. The molecule has 0 spiro atoms. The van der Waals surface area contributed by atoms with Crippen molar-refractivity contribution < 1.29 is 23.8 Å². The molecule has 0 fully saturated rings. The summed E-state index contributed by atoms with van der Waals surface area (Å²) in [5.74, 6) is -0.119. The summed E-state index contributed by atoms with van der Waals surface area (Å²) in [6, 6.07) is 5.01. The van der Waals surface area contributed by atoms with E-state index in [4.69, 9.17) is 49.0 Å². The molecule has 27 heavy (non-hydrogen) atoms. The summed E-state index contributed by atoms with van der Waals surface area (Å²) in [7, 11) is 0. The number of carbonyl (C=O) groups is 2. The molecule has 3 rings (SSSR count). The molecule has 0 saturated heterocycles. The fourth-order valence-electron chi connectivity index (χ4n) is 2.33. The van der Waals surface area contributed by atoms with E-state index in [1.807, 2.05) is 6.07 Å². The van der Waals surface area contributed by atoms with Gasteiger partial charge < -0.3 is 19.5 Å². The smallest absolute Gasteiger partial charge is 0.359 e. The maximum atomic E-state index is 12.1. The van der Waals surface area contributed by atoms with E-state index in [2.05, 4.69) is 10.3 Å². The van der Waals surface area contributed by atoms with Crippen LogP contribution in [-0.4, -0.2) is 30.3 Å². The number of benzene rings is 1. The average Bonchev–Trinajstić information content (AvgIpc) is 3.12. The predicted octanol–water partition coefficient (Wildman–Crippen LogP) is 3.80. The molecule has 2 aromatic rings. The average molecular weight is 432 g/mol. The minimum absolute atomic E-state index is 0.0128. The van der Waals surface area contributed by atoms with Crippen molar-refractivity contribution in [1.29, 1.82) is 0 Å². The first-order valence-corrected chi connectivity index (χ1v) is 8.85. The zero-order chi connectivity index (χ0) is 19.6. The van der Waals surface area contributed by atoms with Gasteiger partial charge in [-0.3, -0.25) is 4.79 Å². The van der Waals surface area contributed by atoms with Gasteiger partial charge in [0.05, 0.1) is 21.1 Å². The molecule has 0 radical (unpaired) electrons. The largest absolute Gasteiger partial charge is 0.454 e. The van der Waals surface area contributed by atoms with E-state index in [-0.39, 0.29) is 33.6 Å². The summed E-state index contributed by atoms with van der Waals surface area (Å²) >= 11 is 17.5. The zero-order valence-corrected chi connectivity index (χ0v) is 16.2. The van der Waals surface area contributed by atoms with Gasteiger partial charge in [0.15, 0.2) is 23.8 Å². The predicted molar refractivity (Wildman–Crippen MR) is 98.7 cm³/mol. The summed E-state index contributed by atoms with van der Waals surface area (Å²) in [4.78, 5) is 27.9. The fourth-order valence-corrected chi connectivity index (χ4v) is 2.89. The van der Waals surface area contributed by atoms with E-state index in [0.29, 0.717) is 11.5 Å². The van der Waals surface area contributed by atoms with Gasteiger partial charge in [-0.05, 0) is 24.6 Å². The maximum Gasteiger partial charge on any atom is 0.359 e. The zero-order valence-electron chi connectivity index (χ0n) is 13.9. The van der Waals surface area contributed by atoms with Crippen molar-refractivity contribution in [3.8, 4) is 11.5 Å². The Balaban J connectivity index is 1.56. The number of hydrogen-bond donors (Lipinski definition) is 1. The van der Waals surface area contributed by atoms with Crippen molar-refractivity contribution >= 4 is 46.7 Å². The van der Waals surface area contributed by atoms with E-state index in [9.17, 15) is 9.59 Å². The van der Waals surface area contributed by atoms with Gasteiger partial charge in [0, 0.05) is 6.20 Å². The molecule has 2 heterocycles. The van der Waals surface area contributed by atoms with Gasteiger partial charge in [0.1, 0.15) is 0 Å². The molecule has 0 bridgehead atoms. The van der Waals surface area contributed by atoms with E-state index in [0.717, 1.165) is 5.56 Å². The van der Waals surface area contributed by atoms with Crippen LogP contribution < -0.4 is 14.8 Å². The summed E-state index contributed by atoms with van der Waals surface area (Å²) < 4.78 is 15.5. The molecule has 1 aromatic heterocycles. The van der Waals surface area contributed by atoms with E-state index < -0.39 is 18.5 Å². The number of nitrogens with one attached hydrogen (secondary N) is 1. The number of amides is 1. The van der Waals surface area contributed by atoms with Gasteiger partial charge in [0.2, 0.25) is 6.79 Å². The Morgan fingerprint density at radius 3 is 2.74 bits per heavy atom. The lowest BCUT2D eigenvalue weighted by atomic mass is 10.1. The van der Waals surface area contributed by atoms with Gasteiger partial charge in [-0.2, -0.15) is 0 Å². The van der Waals surface area contributed by atoms with E-state index in [1.54, 1.807) is 19.1 Å². The second kappa shape index (κ2) is 8.21. The lowest BCUT2D eigenvalue weighted by Crippen LogP contribution is -2.31. The van der Waals surface area contributed by atoms with Crippen LogP contribution in [0.2, 0.25) is 15.1 Å². The molecule has 1 atom stereocenters. The molecule has 1 unspecified atom stereocenters. The molecule has 1 N–H and O–H groups in total. The highest BCUT2D eigenvalue weighted by molar-refractivity contribution is 6.48. The SMILES string of the molecule is CC(NC(=O)COC(=O)c1ncc(Cl)c(Cl)c1Cl)c1ccc2c(c1)OCO2. The van der Waals surface area contributed by atoms with Crippen LogP contribution in [0.15, 0.2) is 24.4 Å². The molecule has 1 aromatic carbocycles. The second-order valence-corrected chi connectivity index (χ2v) is 6.72. The van der Waals surface area contributed by atoms with Crippen LogP contribution in [-0.2, 0) is 9.53 Å². The third kappa shape index (κ3) is 4.37. The quantitative estimate of drug-likeness (QED) is 0.725. The number of nitrogens with zero attached hydrogens (tertiary/aromatic N) is 1. The molecular formula is C17H13Cl3N2O5. The van der Waals surface area contributed by atoms with Gasteiger partial charge in [-0.15, -0.1) is 0 Å². The normalized spacial score (nSPS) is 13.2. The minimum Gasteiger partial charge on any atom is -0.454 e. The van der Waals surface area contributed by atoms with Crippen LogP contribution in [0.25, 0.3) is 0 Å². The Bertz CT molecular complexity index is 906. The summed E-state index contributed by atoms with van der Waals surface area (Å²) in [5, 5.41) is 2.67. The molecular weight excluding hydrogens is 419 g/mol. The summed E-state index contributed by atoms with van der Waals surface area (Å²) in [6.07, 6.45) is 1.17. The number of rotatable bonds is 5. The fraction of sp³-hybridized carbons (Fsp3) is 0.235. The third-order valence-electron chi connectivity index (χ3n) is 3.72. The summed E-state index contributed by atoms with van der Waals surface area (Å²) in [6.45, 7) is 1.45. The van der Waals surface area contributed by atoms with Crippen LogP contribution >= 0.6 is 34.8 Å². The van der Waals surface area contributed by atoms with Crippen molar-refractivity contribution in [3.05, 3.63) is 50.7 Å². The van der Waals surface area contributed by atoms with Crippen LogP contribution in [0.4, 0.5) is 0 Å². The van der Waals surface area contributed by atoms with E-state index >= 15 is 0 Å². The van der Waals surface area contributed by atoms with Crippen molar-refractivity contribution in [2.24, 2.45) is 0 Å². The topological polar surface area (TPSA) is 86.8 Å². The van der Waals surface area contributed by atoms with Crippen molar-refractivity contribution in [2.75, 3.05) is 13.4 Å². The number of pyridine rings is 1. The Morgan fingerprint density at radius 1 is 1.22 bits per heavy atom. The molecule has 1 aliphatic rings. The van der Waals surface area contributed by atoms with Crippen LogP contribution in [0.3, 0.4) is 0 Å². The molecule has 0 saturated carbocycles. The lowest BCUT2D eigenvalue weighted by molar-refractivity contribution is -0.124. The van der Waals surface area contributed by atoms with Crippen molar-refractivity contribution in [2.45, 2.75) is 13.0 Å². The molecule has 0 aliphatic carbocycles.